The molecule has 0 aromatic heterocycles. The van der Waals surface area contributed by atoms with E-state index >= 15 is 0 Å². The zero-order valence-electron chi connectivity index (χ0n) is 9.50. The third-order valence-electron chi connectivity index (χ3n) is 3.55. The maximum atomic E-state index is 11.1. The predicted molar refractivity (Wildman–Crippen MR) is 67.2 cm³/mol. The predicted octanol–water partition coefficient (Wildman–Crippen LogP) is 1.29. The van der Waals surface area contributed by atoms with E-state index in [4.69, 9.17) is 11.6 Å². The minimum absolute atomic E-state index is 0.154. The first-order chi connectivity index (χ1) is 8.20. The summed E-state index contributed by atoms with van der Waals surface area (Å²) in [5.74, 6) is 0.154. The summed E-state index contributed by atoms with van der Waals surface area (Å²) in [6.07, 6.45) is 2.66. The van der Waals surface area contributed by atoms with Crippen molar-refractivity contribution in [2.24, 2.45) is 0 Å². The lowest BCUT2D eigenvalue weighted by Crippen LogP contribution is -2.40. The fraction of sp³-hybridized carbons (Fsp3) is 0.462. The van der Waals surface area contributed by atoms with Crippen LogP contribution in [-0.4, -0.2) is 24.5 Å². The monoisotopic (exact) mass is 250 g/mol. The van der Waals surface area contributed by atoms with E-state index < -0.39 is 0 Å². The van der Waals surface area contributed by atoms with Crippen molar-refractivity contribution in [3.05, 3.63) is 34.3 Å². The van der Waals surface area contributed by atoms with E-state index in [2.05, 4.69) is 22.8 Å². The Hall–Kier alpha value is -1.06. The van der Waals surface area contributed by atoms with Crippen LogP contribution in [0.15, 0.2) is 18.2 Å². The van der Waals surface area contributed by atoms with Gasteiger partial charge in [-0.15, -0.1) is 0 Å². The Morgan fingerprint density at radius 1 is 1.18 bits per heavy atom. The van der Waals surface area contributed by atoms with Crippen LogP contribution in [0.5, 0.6) is 0 Å². The highest BCUT2D eigenvalue weighted by atomic mass is 35.5. The Balaban J connectivity index is 1.64. The van der Waals surface area contributed by atoms with Crippen LogP contribution in [0, 0.1) is 0 Å². The van der Waals surface area contributed by atoms with Crippen molar-refractivity contribution in [2.75, 3.05) is 6.54 Å². The average molecular weight is 251 g/mol. The molecule has 2 aliphatic rings. The van der Waals surface area contributed by atoms with Crippen molar-refractivity contribution in [1.82, 2.24) is 10.6 Å². The lowest BCUT2D eigenvalue weighted by atomic mass is 10.1. The van der Waals surface area contributed by atoms with Gasteiger partial charge in [0.15, 0.2) is 0 Å². The van der Waals surface area contributed by atoms with Gasteiger partial charge < -0.3 is 10.6 Å². The molecule has 1 fully saturated rings. The zero-order valence-corrected chi connectivity index (χ0v) is 10.3. The second-order valence-electron chi connectivity index (χ2n) is 4.89. The highest BCUT2D eigenvalue weighted by Gasteiger charge is 2.27. The molecule has 2 unspecified atom stereocenters. The second kappa shape index (κ2) is 4.31. The maximum absolute atomic E-state index is 11.1. The number of hydrogen-bond acceptors (Lipinski definition) is 2. The molecule has 2 atom stereocenters. The minimum atomic E-state index is 0.154. The van der Waals surface area contributed by atoms with Crippen LogP contribution >= 0.6 is 11.6 Å². The molecule has 1 heterocycles. The van der Waals surface area contributed by atoms with Gasteiger partial charge >= 0.3 is 0 Å². The number of nitrogens with one attached hydrogen (secondary N) is 2. The first-order valence-electron chi connectivity index (χ1n) is 6.01. The molecule has 3 nitrogen and oxygen atoms in total. The third kappa shape index (κ3) is 2.31. The summed E-state index contributed by atoms with van der Waals surface area (Å²) in [7, 11) is 0. The molecule has 17 heavy (non-hydrogen) atoms. The summed E-state index contributed by atoms with van der Waals surface area (Å²) >= 11 is 5.99. The molecular weight excluding hydrogens is 236 g/mol. The van der Waals surface area contributed by atoms with E-state index in [1.807, 2.05) is 6.07 Å². The van der Waals surface area contributed by atoms with Crippen molar-refractivity contribution in [1.29, 1.82) is 0 Å². The fourth-order valence-corrected chi connectivity index (χ4v) is 2.96. The molecule has 0 spiro atoms. The number of carbonyl (C=O) groups is 1. The number of halogens is 1. The third-order valence-corrected chi connectivity index (χ3v) is 3.78. The van der Waals surface area contributed by atoms with E-state index in [-0.39, 0.29) is 11.9 Å². The minimum Gasteiger partial charge on any atom is -0.354 e. The smallest absolute Gasteiger partial charge is 0.221 e. The van der Waals surface area contributed by atoms with E-state index in [9.17, 15) is 4.79 Å². The number of fused-ring (bicyclic) bond motifs is 1. The summed E-state index contributed by atoms with van der Waals surface area (Å²) in [6.45, 7) is 0.756. The van der Waals surface area contributed by atoms with E-state index in [1.54, 1.807) is 0 Å². The molecule has 2 N–H and O–H groups in total. The molecule has 1 aliphatic heterocycles. The number of benzene rings is 1. The Morgan fingerprint density at radius 2 is 2.00 bits per heavy atom. The summed E-state index contributed by atoms with van der Waals surface area (Å²) in [6, 6.07) is 6.84. The fourth-order valence-electron chi connectivity index (χ4n) is 2.76. The lowest BCUT2D eigenvalue weighted by Gasteiger charge is -2.16. The van der Waals surface area contributed by atoms with Gasteiger partial charge in [0.05, 0.1) is 0 Å². The summed E-state index contributed by atoms with van der Waals surface area (Å²) in [5.41, 5.74) is 2.72. The van der Waals surface area contributed by atoms with E-state index in [0.717, 1.165) is 24.4 Å². The molecule has 90 valence electrons. The van der Waals surface area contributed by atoms with Crippen LogP contribution in [-0.2, 0) is 17.6 Å². The van der Waals surface area contributed by atoms with Gasteiger partial charge in [0.2, 0.25) is 5.91 Å². The van der Waals surface area contributed by atoms with Crippen molar-refractivity contribution >= 4 is 17.5 Å². The SMILES string of the molecule is O=C1CC(NC2Cc3ccc(Cl)cc3C2)CN1. The lowest BCUT2D eigenvalue weighted by molar-refractivity contribution is -0.119. The normalized spacial score (nSPS) is 27.0. The van der Waals surface area contributed by atoms with Crippen molar-refractivity contribution in [2.45, 2.75) is 31.3 Å². The number of hydrogen-bond donors (Lipinski definition) is 2. The van der Waals surface area contributed by atoms with Crippen LogP contribution in [0.25, 0.3) is 0 Å². The first-order valence-corrected chi connectivity index (χ1v) is 6.38. The molecule has 3 rings (SSSR count). The molecule has 1 amide bonds. The Kier molecular flexibility index (Phi) is 2.81. The van der Waals surface area contributed by atoms with Gasteiger partial charge in [-0.25, -0.2) is 0 Å². The van der Waals surface area contributed by atoms with Crippen molar-refractivity contribution in [3.8, 4) is 0 Å². The standard InChI is InChI=1S/C13H15ClN2O/c14-10-2-1-8-4-11(5-9(8)3-10)16-12-6-13(17)15-7-12/h1-3,11-12,16H,4-7H2,(H,15,17). The highest BCUT2D eigenvalue weighted by Crippen LogP contribution is 2.25. The summed E-state index contributed by atoms with van der Waals surface area (Å²) in [4.78, 5) is 11.1. The van der Waals surface area contributed by atoms with Crippen molar-refractivity contribution < 1.29 is 4.79 Å². The van der Waals surface area contributed by atoms with Crippen LogP contribution < -0.4 is 10.6 Å². The highest BCUT2D eigenvalue weighted by molar-refractivity contribution is 6.30. The van der Waals surface area contributed by atoms with E-state index in [1.165, 1.54) is 11.1 Å². The second-order valence-corrected chi connectivity index (χ2v) is 5.33. The van der Waals surface area contributed by atoms with Gasteiger partial charge in [-0.05, 0) is 36.1 Å². The average Bonchev–Trinajstić information content (AvgIpc) is 2.84. The van der Waals surface area contributed by atoms with Gasteiger partial charge in [-0.2, -0.15) is 0 Å². The Bertz CT molecular complexity index is 461. The van der Waals surface area contributed by atoms with Gasteiger partial charge in [0.25, 0.3) is 0 Å². The van der Waals surface area contributed by atoms with Crippen LogP contribution in [0.2, 0.25) is 5.02 Å². The van der Waals surface area contributed by atoms with Gasteiger partial charge in [-0.1, -0.05) is 17.7 Å². The molecular formula is C13H15ClN2O. The van der Waals surface area contributed by atoms with Crippen LogP contribution in [0.1, 0.15) is 17.5 Å². The Labute approximate surface area is 106 Å². The molecule has 4 heteroatoms. The summed E-state index contributed by atoms with van der Waals surface area (Å²) in [5, 5.41) is 7.21. The first kappa shape index (κ1) is 11.1. The van der Waals surface area contributed by atoms with Gasteiger partial charge in [0.1, 0.15) is 0 Å². The summed E-state index contributed by atoms with van der Waals surface area (Å²) < 4.78 is 0. The molecule has 1 aromatic carbocycles. The quantitative estimate of drug-likeness (QED) is 0.831. The topological polar surface area (TPSA) is 41.1 Å². The number of rotatable bonds is 2. The Morgan fingerprint density at radius 3 is 2.76 bits per heavy atom. The maximum Gasteiger partial charge on any atom is 0.221 e. The van der Waals surface area contributed by atoms with Gasteiger partial charge in [0, 0.05) is 30.1 Å². The van der Waals surface area contributed by atoms with Crippen molar-refractivity contribution in [3.63, 3.8) is 0 Å². The largest absolute Gasteiger partial charge is 0.354 e. The zero-order chi connectivity index (χ0) is 11.8. The molecule has 1 aliphatic carbocycles. The van der Waals surface area contributed by atoms with Crippen LogP contribution in [0.4, 0.5) is 0 Å². The molecule has 0 saturated carbocycles. The molecule has 1 aromatic rings. The molecule has 0 radical (unpaired) electrons. The molecule has 0 bridgehead atoms. The van der Waals surface area contributed by atoms with Gasteiger partial charge in [-0.3, -0.25) is 4.79 Å². The number of amides is 1. The number of carbonyl (C=O) groups excluding carboxylic acids is 1. The van der Waals surface area contributed by atoms with E-state index in [0.29, 0.717) is 12.5 Å². The van der Waals surface area contributed by atoms with Crippen LogP contribution in [0.3, 0.4) is 0 Å². The molecule has 1 saturated heterocycles.